The van der Waals surface area contributed by atoms with Gasteiger partial charge >= 0.3 is 5.97 Å². The van der Waals surface area contributed by atoms with Gasteiger partial charge in [-0.15, -0.1) is 45.3 Å². The van der Waals surface area contributed by atoms with E-state index in [4.69, 9.17) is 14.9 Å². The zero-order valence-electron chi connectivity index (χ0n) is 23.0. The van der Waals surface area contributed by atoms with Crippen molar-refractivity contribution in [1.29, 1.82) is 0 Å². The second-order valence-electron chi connectivity index (χ2n) is 10.6. The molecule has 0 saturated heterocycles. The summed E-state index contributed by atoms with van der Waals surface area (Å²) in [5.41, 5.74) is 3.28. The van der Waals surface area contributed by atoms with Gasteiger partial charge in [0.05, 0.1) is 13.0 Å². The van der Waals surface area contributed by atoms with Crippen LogP contribution in [0.15, 0.2) is 60.7 Å². The number of rotatable bonds is 7. The molecule has 0 saturated carbocycles. The first-order valence-corrected chi connectivity index (χ1v) is 16.3. The van der Waals surface area contributed by atoms with Crippen LogP contribution in [0, 0.1) is 13.8 Å². The molecule has 6 aromatic rings. The van der Waals surface area contributed by atoms with Crippen LogP contribution in [0.4, 0.5) is 0 Å². The molecule has 0 aliphatic rings. The normalized spacial score (nSPS) is 11.9. The van der Waals surface area contributed by atoms with Crippen molar-refractivity contribution < 1.29 is 9.53 Å². The predicted octanol–water partition coefficient (Wildman–Crippen LogP) is 9.69. The number of hydrogen-bond donors (Lipinski definition) is 0. The second kappa shape index (κ2) is 10.7. The summed E-state index contributed by atoms with van der Waals surface area (Å²) in [6, 6.07) is 21.7. The summed E-state index contributed by atoms with van der Waals surface area (Å²) >= 11 is 7.16. The van der Waals surface area contributed by atoms with Crippen molar-refractivity contribution in [2.75, 3.05) is 0 Å². The number of aryl methyl sites for hydroxylation is 3. The minimum atomic E-state index is -0.518. The number of esters is 1. The third-order valence-corrected chi connectivity index (χ3v) is 10.9. The largest absolute Gasteiger partial charge is 0.460 e. The van der Waals surface area contributed by atoms with Gasteiger partial charge < -0.3 is 4.74 Å². The first-order chi connectivity index (χ1) is 19.1. The number of carbonyl (C=O) groups is 1. The number of aromatic nitrogens is 3. The van der Waals surface area contributed by atoms with Crippen LogP contribution in [0.1, 0.15) is 36.9 Å². The van der Waals surface area contributed by atoms with Crippen LogP contribution in [-0.2, 0) is 16.1 Å². The van der Waals surface area contributed by atoms with Gasteiger partial charge in [0.25, 0.3) is 0 Å². The highest BCUT2D eigenvalue weighted by Gasteiger charge is 2.20. The van der Waals surface area contributed by atoms with Crippen LogP contribution in [-0.4, -0.2) is 26.6 Å². The highest BCUT2D eigenvalue weighted by molar-refractivity contribution is 7.24. The summed E-state index contributed by atoms with van der Waals surface area (Å²) in [4.78, 5) is 24.0. The average Bonchev–Trinajstić information content (AvgIpc) is 3.71. The highest BCUT2D eigenvalue weighted by Crippen LogP contribution is 2.43. The lowest BCUT2D eigenvalue weighted by Crippen LogP contribution is -2.24. The fourth-order valence-corrected chi connectivity index (χ4v) is 8.46. The molecule has 0 fully saturated rings. The average molecular weight is 604 g/mol. The summed E-state index contributed by atoms with van der Waals surface area (Å²) in [6.07, 6.45) is 0.213. The lowest BCUT2D eigenvalue weighted by atomic mass is 10.1. The van der Waals surface area contributed by atoms with E-state index < -0.39 is 5.60 Å². The summed E-state index contributed by atoms with van der Waals surface area (Å²) in [5.74, 6) is -0.252. The van der Waals surface area contributed by atoms with Crippen molar-refractivity contribution >= 4 is 62.3 Å². The van der Waals surface area contributed by atoms with Crippen LogP contribution in [0.3, 0.4) is 0 Å². The summed E-state index contributed by atoms with van der Waals surface area (Å²) in [7, 11) is 0. The Labute approximate surface area is 249 Å². The Morgan fingerprint density at radius 2 is 1.10 bits per heavy atom. The third kappa shape index (κ3) is 5.69. The van der Waals surface area contributed by atoms with Gasteiger partial charge in [0.2, 0.25) is 0 Å². The van der Waals surface area contributed by atoms with E-state index >= 15 is 0 Å². The van der Waals surface area contributed by atoms with Crippen LogP contribution in [0.25, 0.3) is 51.4 Å². The first-order valence-electron chi connectivity index (χ1n) is 13.1. The molecule has 0 radical (unpaired) electrons. The molecule has 6 rings (SSSR count). The van der Waals surface area contributed by atoms with E-state index in [2.05, 4.69) is 74.5 Å². The minimum Gasteiger partial charge on any atom is -0.460 e. The molecule has 5 aromatic heterocycles. The maximum Gasteiger partial charge on any atom is 0.308 e. The van der Waals surface area contributed by atoms with Gasteiger partial charge in [-0.1, -0.05) is 12.1 Å². The zero-order valence-corrected chi connectivity index (χ0v) is 26.2. The van der Waals surface area contributed by atoms with Crippen molar-refractivity contribution in [3.8, 4) is 40.4 Å². The monoisotopic (exact) mass is 603 g/mol. The van der Waals surface area contributed by atoms with Crippen LogP contribution < -0.4 is 0 Å². The first kappa shape index (κ1) is 27.1. The molecule has 9 heteroatoms. The SMILES string of the molecule is Cc1ccc(-c2ccc(-c3ccc(-c4ccc(-c5ccc(C)s5)s4)c4nn(CCC(=O)OC(C)(C)C)nc34)s2)s1. The Kier molecular flexibility index (Phi) is 7.25. The van der Waals surface area contributed by atoms with Gasteiger partial charge in [-0.2, -0.15) is 15.0 Å². The third-order valence-electron chi connectivity index (χ3n) is 6.23. The van der Waals surface area contributed by atoms with Crippen LogP contribution in [0.5, 0.6) is 0 Å². The molecule has 5 nitrogen and oxygen atoms in total. The number of ether oxygens (including phenoxy) is 1. The number of fused-ring (bicyclic) bond motifs is 1. The number of carbonyl (C=O) groups excluding carboxylic acids is 1. The highest BCUT2D eigenvalue weighted by atomic mass is 32.1. The van der Waals surface area contributed by atoms with E-state index in [-0.39, 0.29) is 12.4 Å². The molecule has 0 atom stereocenters. The molecule has 204 valence electrons. The number of hydrogen-bond acceptors (Lipinski definition) is 8. The Morgan fingerprint density at radius 3 is 1.52 bits per heavy atom. The predicted molar refractivity (Wildman–Crippen MR) is 171 cm³/mol. The quantitative estimate of drug-likeness (QED) is 0.171. The second-order valence-corrected chi connectivity index (χ2v) is 15.4. The fourth-order valence-electron chi connectivity index (χ4n) is 4.48. The van der Waals surface area contributed by atoms with Crippen molar-refractivity contribution in [3.05, 3.63) is 70.4 Å². The number of benzene rings is 1. The smallest absolute Gasteiger partial charge is 0.308 e. The van der Waals surface area contributed by atoms with E-state index in [0.29, 0.717) is 6.54 Å². The van der Waals surface area contributed by atoms with Crippen molar-refractivity contribution in [2.24, 2.45) is 0 Å². The van der Waals surface area contributed by atoms with Crippen LogP contribution >= 0.6 is 45.3 Å². The lowest BCUT2D eigenvalue weighted by Gasteiger charge is -2.19. The van der Waals surface area contributed by atoms with Gasteiger partial charge in [-0.05, 0) is 83.1 Å². The van der Waals surface area contributed by atoms with Crippen molar-refractivity contribution in [3.63, 3.8) is 0 Å². The molecule has 0 N–H and O–H groups in total. The molecular weight excluding hydrogens is 575 g/mol. The topological polar surface area (TPSA) is 57.0 Å². The van der Waals surface area contributed by atoms with E-state index in [1.54, 1.807) is 27.5 Å². The van der Waals surface area contributed by atoms with E-state index in [9.17, 15) is 4.79 Å². The summed E-state index contributed by atoms with van der Waals surface area (Å²) in [5, 5.41) is 9.82. The number of nitrogens with zero attached hydrogens (tertiary/aromatic N) is 3. The van der Waals surface area contributed by atoms with Gasteiger partial charge in [-0.25, -0.2) is 0 Å². The van der Waals surface area contributed by atoms with E-state index in [1.807, 2.05) is 43.4 Å². The molecule has 0 bridgehead atoms. The lowest BCUT2D eigenvalue weighted by molar-refractivity contribution is -0.155. The molecule has 0 amide bonds. The van der Waals surface area contributed by atoms with Gasteiger partial charge in [0, 0.05) is 50.1 Å². The Morgan fingerprint density at radius 1 is 0.675 bits per heavy atom. The molecule has 40 heavy (non-hydrogen) atoms. The Balaban J connectivity index is 1.39. The number of thiophene rings is 4. The molecule has 0 unspecified atom stereocenters. The van der Waals surface area contributed by atoms with Gasteiger partial charge in [-0.3, -0.25) is 4.79 Å². The minimum absolute atomic E-state index is 0.213. The maximum atomic E-state index is 12.4. The van der Waals surface area contributed by atoms with E-state index in [0.717, 1.165) is 31.9 Å². The Hall–Kier alpha value is -3.11. The fraction of sp³-hybridized carbons (Fsp3) is 0.258. The zero-order chi connectivity index (χ0) is 28.0. The molecular formula is C31H29N3O2S4. The van der Waals surface area contributed by atoms with Crippen LogP contribution in [0.2, 0.25) is 0 Å². The molecule has 0 aliphatic carbocycles. The van der Waals surface area contributed by atoms with E-state index in [1.165, 1.54) is 29.3 Å². The van der Waals surface area contributed by atoms with Crippen molar-refractivity contribution in [1.82, 2.24) is 15.0 Å². The molecule has 0 aliphatic heterocycles. The maximum absolute atomic E-state index is 12.4. The van der Waals surface area contributed by atoms with Crippen molar-refractivity contribution in [2.45, 2.75) is 53.2 Å². The standard InChI is InChI=1S/C31H29N3O2S4/c1-18-6-10-24(37-18)26-14-12-22(39-26)20-8-9-21(23-13-15-27(40-23)25-11-7-19(2)38-25)30-29(20)32-34(33-30)17-16-28(35)36-31(3,4)5/h6-15H,16-17H2,1-5H3. The summed E-state index contributed by atoms with van der Waals surface area (Å²) < 4.78 is 5.51. The molecule has 1 aromatic carbocycles. The molecule has 5 heterocycles. The molecule has 0 spiro atoms. The van der Waals surface area contributed by atoms with Gasteiger partial charge in [0.15, 0.2) is 0 Å². The Bertz CT molecular complexity index is 1710. The summed E-state index contributed by atoms with van der Waals surface area (Å²) in [6.45, 7) is 10.3. The van der Waals surface area contributed by atoms with Gasteiger partial charge in [0.1, 0.15) is 16.6 Å².